The average Bonchev–Trinajstić information content (AvgIpc) is 2.61. The summed E-state index contributed by atoms with van der Waals surface area (Å²) in [5, 5.41) is 10.1. The molecule has 0 unspecified atom stereocenters. The van der Waals surface area contributed by atoms with E-state index >= 15 is 0 Å². The van der Waals surface area contributed by atoms with Crippen LogP contribution in [0.15, 0.2) is 77.4 Å². The number of aromatic hydroxyl groups is 1. The van der Waals surface area contributed by atoms with Crippen LogP contribution in [0.3, 0.4) is 0 Å². The maximum Gasteiger partial charge on any atom is 1.00 e. The minimum absolute atomic E-state index is 0. The first-order valence-corrected chi connectivity index (χ1v) is 10.4. The predicted octanol–water partition coefficient (Wildman–Crippen LogP) is 1.27. The molecule has 1 aliphatic carbocycles. The molecule has 0 aromatic heterocycles. The Balaban J connectivity index is 0.000000628. The van der Waals surface area contributed by atoms with E-state index < -0.39 is 10.1 Å². The van der Waals surface area contributed by atoms with Crippen LogP contribution in [-0.2, 0) is 14.9 Å². The molecule has 0 heterocycles. The second-order valence-electron chi connectivity index (χ2n) is 5.76. The smallest absolute Gasteiger partial charge is 0.748 e. The third-order valence-electron chi connectivity index (χ3n) is 3.52. The minimum Gasteiger partial charge on any atom is -0.748 e. The summed E-state index contributed by atoms with van der Waals surface area (Å²) in [6.07, 6.45) is 5.43. The van der Waals surface area contributed by atoms with Crippen molar-refractivity contribution in [3.8, 4) is 5.75 Å². The second kappa shape index (κ2) is 11.1. The number of carbonyl (C=O) groups excluding carboxylic acids is 1. The van der Waals surface area contributed by atoms with Gasteiger partial charge in [0.25, 0.3) is 0 Å². The molecule has 0 aliphatic heterocycles. The Bertz CT molecular complexity index is 1080. The van der Waals surface area contributed by atoms with E-state index in [-0.39, 0.29) is 51.1 Å². The predicted molar refractivity (Wildman–Crippen MR) is 109 cm³/mol. The third kappa shape index (κ3) is 8.10. The van der Waals surface area contributed by atoms with Gasteiger partial charge in [0.05, 0.1) is 20.2 Å². The molecule has 5 nitrogen and oxygen atoms in total. The molecule has 1 N–H and O–H groups in total. The van der Waals surface area contributed by atoms with Crippen LogP contribution >= 0.6 is 23.2 Å². The van der Waals surface area contributed by atoms with E-state index in [9.17, 15) is 9.90 Å². The van der Waals surface area contributed by atoms with Crippen molar-refractivity contribution in [2.75, 3.05) is 6.26 Å². The van der Waals surface area contributed by atoms with Crippen LogP contribution in [0, 0.1) is 0 Å². The fraction of sp³-hybridized carbons (Fsp3) is 0.0500. The number of hydrogen-bond donors (Lipinski definition) is 1. The van der Waals surface area contributed by atoms with Crippen molar-refractivity contribution >= 4 is 44.7 Å². The van der Waals surface area contributed by atoms with E-state index in [4.69, 9.17) is 36.2 Å². The molecule has 0 spiro atoms. The Morgan fingerprint density at radius 3 is 2.10 bits per heavy atom. The van der Waals surface area contributed by atoms with Crippen molar-refractivity contribution in [3.63, 3.8) is 0 Å². The standard InChI is InChI=1S/C19H12Cl2O2.CH4O3S.Na/c20-15-10-13(6-8-17(15)22)19(12-4-2-1-3-5-12)14-7-9-18(23)16(21)11-14;1-5(2,3)4;/h1-11,22H;1H3,(H,2,3,4);/q;;+1/p-1/b19-14-;;. The molecule has 3 rings (SSSR count). The van der Waals surface area contributed by atoms with Crippen LogP contribution in [0.2, 0.25) is 5.02 Å². The summed E-state index contributed by atoms with van der Waals surface area (Å²) in [5.41, 5.74) is 3.48. The van der Waals surface area contributed by atoms with Gasteiger partial charge in [0.15, 0.2) is 5.78 Å². The first-order valence-electron chi connectivity index (χ1n) is 7.85. The monoisotopic (exact) mass is 460 g/mol. The number of carbonyl (C=O) groups is 1. The van der Waals surface area contributed by atoms with Crippen LogP contribution in [0.5, 0.6) is 5.75 Å². The summed E-state index contributed by atoms with van der Waals surface area (Å²) >= 11 is 12.0. The Kier molecular flexibility index (Phi) is 9.85. The zero-order valence-electron chi connectivity index (χ0n) is 15.6. The SMILES string of the molecule is CS(=O)(=O)[O-].O=C1C=C/C(=C(\c2ccccc2)c2ccc(O)c(Cl)c2)C=C1Cl.[Na+]. The van der Waals surface area contributed by atoms with E-state index in [0.29, 0.717) is 6.26 Å². The van der Waals surface area contributed by atoms with Crippen LogP contribution in [-0.4, -0.2) is 30.1 Å². The Morgan fingerprint density at radius 2 is 1.59 bits per heavy atom. The second-order valence-corrected chi connectivity index (χ2v) is 7.98. The zero-order valence-corrected chi connectivity index (χ0v) is 19.9. The number of ketones is 1. The number of allylic oxidation sites excluding steroid dienone is 5. The topological polar surface area (TPSA) is 94.5 Å². The van der Waals surface area contributed by atoms with Gasteiger partial charge in [-0.1, -0.05) is 65.7 Å². The Labute approximate surface area is 201 Å². The maximum atomic E-state index is 11.6. The van der Waals surface area contributed by atoms with Gasteiger partial charge in [-0.3, -0.25) is 4.79 Å². The molecular weight excluding hydrogens is 446 g/mol. The van der Waals surface area contributed by atoms with Gasteiger partial charge in [-0.15, -0.1) is 0 Å². The summed E-state index contributed by atoms with van der Waals surface area (Å²) in [4.78, 5) is 11.6. The fourth-order valence-electron chi connectivity index (χ4n) is 2.42. The third-order valence-corrected chi connectivity index (χ3v) is 4.12. The van der Waals surface area contributed by atoms with Crippen LogP contribution in [0.4, 0.5) is 0 Å². The van der Waals surface area contributed by atoms with E-state index in [2.05, 4.69) is 0 Å². The number of rotatable bonds is 2. The molecule has 29 heavy (non-hydrogen) atoms. The number of phenols is 1. The Hall–Kier alpha value is -1.38. The normalized spacial score (nSPS) is 14.9. The summed E-state index contributed by atoms with van der Waals surface area (Å²) in [7, 11) is -3.92. The van der Waals surface area contributed by atoms with Gasteiger partial charge in [0.1, 0.15) is 5.75 Å². The molecule has 0 saturated carbocycles. The number of hydrogen-bond acceptors (Lipinski definition) is 5. The molecule has 2 aromatic rings. The first-order chi connectivity index (χ1) is 13.1. The van der Waals surface area contributed by atoms with Gasteiger partial charge in [-0.25, -0.2) is 8.42 Å². The molecule has 146 valence electrons. The number of halogens is 2. The molecule has 0 saturated heterocycles. The van der Waals surface area contributed by atoms with Gasteiger partial charge >= 0.3 is 29.6 Å². The van der Waals surface area contributed by atoms with Crippen molar-refractivity contribution in [2.45, 2.75) is 0 Å². The van der Waals surface area contributed by atoms with Gasteiger partial charge in [-0.05, 0) is 46.6 Å². The molecule has 0 atom stereocenters. The largest absolute Gasteiger partial charge is 1.00 e. The summed E-state index contributed by atoms with van der Waals surface area (Å²) in [5.74, 6) is -0.192. The summed E-state index contributed by atoms with van der Waals surface area (Å²) < 4.78 is 27.2. The number of benzene rings is 2. The van der Waals surface area contributed by atoms with Gasteiger partial charge in [0, 0.05) is 6.26 Å². The zero-order chi connectivity index (χ0) is 20.9. The van der Waals surface area contributed by atoms with Gasteiger partial charge < -0.3 is 9.66 Å². The van der Waals surface area contributed by atoms with E-state index in [1.165, 1.54) is 6.08 Å². The molecule has 0 fully saturated rings. The molecule has 9 heteroatoms. The molecule has 1 aliphatic rings. The maximum absolute atomic E-state index is 11.6. The average molecular weight is 461 g/mol. The molecule has 2 aromatic carbocycles. The van der Waals surface area contributed by atoms with Crippen LogP contribution < -0.4 is 29.6 Å². The van der Waals surface area contributed by atoms with Gasteiger partial charge in [-0.2, -0.15) is 0 Å². The van der Waals surface area contributed by atoms with Crippen molar-refractivity contribution in [2.24, 2.45) is 0 Å². The van der Waals surface area contributed by atoms with E-state index in [1.54, 1.807) is 30.4 Å². The van der Waals surface area contributed by atoms with Crippen molar-refractivity contribution in [3.05, 3.63) is 93.5 Å². The minimum atomic E-state index is -3.92. The molecular formula is C20H15Cl2NaO5S. The molecule has 0 radical (unpaired) electrons. The molecule has 0 bridgehead atoms. The van der Waals surface area contributed by atoms with Crippen molar-refractivity contribution in [1.29, 1.82) is 0 Å². The Morgan fingerprint density at radius 1 is 1.00 bits per heavy atom. The number of phenolic OH excluding ortho intramolecular Hbond substituents is 1. The quantitative estimate of drug-likeness (QED) is 0.537. The van der Waals surface area contributed by atoms with Crippen LogP contribution in [0.25, 0.3) is 5.57 Å². The van der Waals surface area contributed by atoms with E-state index in [0.717, 1.165) is 22.3 Å². The van der Waals surface area contributed by atoms with Crippen molar-refractivity contribution in [1.82, 2.24) is 0 Å². The van der Waals surface area contributed by atoms with Gasteiger partial charge in [0.2, 0.25) is 0 Å². The van der Waals surface area contributed by atoms with Crippen molar-refractivity contribution < 1.29 is 52.4 Å². The summed E-state index contributed by atoms with van der Waals surface area (Å²) in [6.45, 7) is 0. The fourth-order valence-corrected chi connectivity index (χ4v) is 2.78. The summed E-state index contributed by atoms with van der Waals surface area (Å²) in [6, 6.07) is 14.7. The van der Waals surface area contributed by atoms with Crippen LogP contribution in [0.1, 0.15) is 11.1 Å². The molecule has 0 amide bonds. The van der Waals surface area contributed by atoms with E-state index in [1.807, 2.05) is 30.3 Å². The first kappa shape index (κ1) is 25.7.